The first-order valence-corrected chi connectivity index (χ1v) is 5.74. The summed E-state index contributed by atoms with van der Waals surface area (Å²) in [5.41, 5.74) is 5.57. The van der Waals surface area contributed by atoms with Crippen molar-refractivity contribution in [3.8, 4) is 11.5 Å². The van der Waals surface area contributed by atoms with Crippen LogP contribution < -0.4 is 10.5 Å². The summed E-state index contributed by atoms with van der Waals surface area (Å²) >= 11 is 0. The fraction of sp³-hybridized carbons (Fsp3) is 0.143. The quantitative estimate of drug-likeness (QED) is 0.847. The minimum absolute atomic E-state index is 0.0121. The normalized spacial score (nSPS) is 11.3. The average molecular weight is 283 g/mol. The van der Waals surface area contributed by atoms with E-state index in [1.54, 1.807) is 0 Å². The maximum Gasteiger partial charge on any atom is 0.419 e. The third kappa shape index (κ3) is 3.14. The number of hydrogen-bond donors (Lipinski definition) is 2. The zero-order chi connectivity index (χ0) is 14.8. The van der Waals surface area contributed by atoms with Gasteiger partial charge in [-0.05, 0) is 24.3 Å². The summed E-state index contributed by atoms with van der Waals surface area (Å²) in [5.74, 6) is -0.269. The molecule has 0 aliphatic carbocycles. The number of rotatable bonds is 3. The van der Waals surface area contributed by atoms with Crippen molar-refractivity contribution in [1.29, 1.82) is 0 Å². The van der Waals surface area contributed by atoms with E-state index in [0.29, 0.717) is 5.56 Å². The van der Waals surface area contributed by atoms with Gasteiger partial charge in [-0.15, -0.1) is 0 Å². The maximum absolute atomic E-state index is 12.8. The second-order valence-electron chi connectivity index (χ2n) is 4.17. The molecule has 0 saturated heterocycles. The second kappa shape index (κ2) is 5.32. The molecule has 0 unspecified atom stereocenters. The number of anilines is 1. The molecule has 0 bridgehead atoms. The molecular weight excluding hydrogens is 271 g/mol. The Kier molecular flexibility index (Phi) is 3.74. The summed E-state index contributed by atoms with van der Waals surface area (Å²) in [6.45, 7) is -0.112. The summed E-state index contributed by atoms with van der Waals surface area (Å²) in [6.07, 6.45) is -4.48. The van der Waals surface area contributed by atoms with Gasteiger partial charge in [0.2, 0.25) is 0 Å². The topological polar surface area (TPSA) is 55.5 Å². The van der Waals surface area contributed by atoms with Crippen molar-refractivity contribution in [3.63, 3.8) is 0 Å². The van der Waals surface area contributed by atoms with E-state index in [1.807, 2.05) is 0 Å². The molecule has 2 aromatic rings. The van der Waals surface area contributed by atoms with Crippen molar-refractivity contribution in [2.24, 2.45) is 0 Å². The van der Waals surface area contributed by atoms with Crippen LogP contribution in [0.4, 0.5) is 18.9 Å². The Morgan fingerprint density at radius 3 is 2.45 bits per heavy atom. The van der Waals surface area contributed by atoms with E-state index in [-0.39, 0.29) is 23.8 Å². The van der Waals surface area contributed by atoms with Crippen LogP contribution in [0, 0.1) is 0 Å². The highest BCUT2D eigenvalue weighted by molar-refractivity contribution is 5.51. The monoisotopic (exact) mass is 283 g/mol. The molecule has 20 heavy (non-hydrogen) atoms. The van der Waals surface area contributed by atoms with Crippen molar-refractivity contribution in [2.45, 2.75) is 12.8 Å². The molecule has 6 heteroatoms. The van der Waals surface area contributed by atoms with E-state index in [2.05, 4.69) is 0 Å². The van der Waals surface area contributed by atoms with Crippen molar-refractivity contribution in [3.05, 3.63) is 53.6 Å². The molecule has 2 aromatic carbocycles. The number of alkyl halides is 3. The Hall–Kier alpha value is -2.37. The number of nitrogens with two attached hydrogens (primary N) is 1. The van der Waals surface area contributed by atoms with E-state index in [9.17, 15) is 18.3 Å². The molecule has 0 saturated carbocycles. The highest BCUT2D eigenvalue weighted by Crippen LogP contribution is 2.36. The number of phenols is 1. The molecule has 2 rings (SSSR count). The molecule has 0 amide bonds. The SMILES string of the molecule is Nc1cc(O)ccc1COc1ccccc1C(F)(F)F. The van der Waals surface area contributed by atoms with Gasteiger partial charge in [-0.2, -0.15) is 13.2 Å². The molecule has 3 N–H and O–H groups in total. The lowest BCUT2D eigenvalue weighted by Crippen LogP contribution is -2.09. The van der Waals surface area contributed by atoms with Gasteiger partial charge in [0.25, 0.3) is 0 Å². The minimum atomic E-state index is -4.48. The molecule has 3 nitrogen and oxygen atoms in total. The van der Waals surface area contributed by atoms with Crippen LogP contribution in [0.2, 0.25) is 0 Å². The Labute approximate surface area is 113 Å². The summed E-state index contributed by atoms with van der Waals surface area (Å²) in [5, 5.41) is 9.20. The van der Waals surface area contributed by atoms with Crippen LogP contribution in [0.3, 0.4) is 0 Å². The molecule has 106 valence electrons. The van der Waals surface area contributed by atoms with Gasteiger partial charge in [-0.3, -0.25) is 0 Å². The molecule has 0 heterocycles. The fourth-order valence-electron chi connectivity index (χ4n) is 1.70. The van der Waals surface area contributed by atoms with Gasteiger partial charge < -0.3 is 15.6 Å². The van der Waals surface area contributed by atoms with E-state index < -0.39 is 11.7 Å². The molecular formula is C14H12F3NO2. The molecule has 0 spiro atoms. The minimum Gasteiger partial charge on any atom is -0.508 e. The van der Waals surface area contributed by atoms with Crippen molar-refractivity contribution < 1.29 is 23.0 Å². The first-order chi connectivity index (χ1) is 9.38. The van der Waals surface area contributed by atoms with Crippen LogP contribution in [0.5, 0.6) is 11.5 Å². The van der Waals surface area contributed by atoms with E-state index in [4.69, 9.17) is 10.5 Å². The van der Waals surface area contributed by atoms with Gasteiger partial charge in [-0.1, -0.05) is 12.1 Å². The van der Waals surface area contributed by atoms with Gasteiger partial charge in [-0.25, -0.2) is 0 Å². The van der Waals surface area contributed by atoms with Gasteiger partial charge in [0, 0.05) is 17.3 Å². The molecule has 0 fully saturated rings. The lowest BCUT2D eigenvalue weighted by Gasteiger charge is -2.14. The van der Waals surface area contributed by atoms with Gasteiger partial charge >= 0.3 is 6.18 Å². The van der Waals surface area contributed by atoms with Gasteiger partial charge in [0.1, 0.15) is 18.1 Å². The summed E-state index contributed by atoms with van der Waals surface area (Å²) in [6, 6.07) is 9.17. The Balaban J connectivity index is 2.19. The predicted octanol–water partition coefficient (Wildman–Crippen LogP) is 3.57. The highest BCUT2D eigenvalue weighted by Gasteiger charge is 2.33. The van der Waals surface area contributed by atoms with E-state index in [0.717, 1.165) is 6.07 Å². The summed E-state index contributed by atoms with van der Waals surface area (Å²) in [7, 11) is 0. The molecule has 0 aliphatic heterocycles. The molecule has 0 aromatic heterocycles. The highest BCUT2D eigenvalue weighted by atomic mass is 19.4. The number of halogens is 3. The molecule has 0 atom stereocenters. The average Bonchev–Trinajstić information content (AvgIpc) is 2.37. The third-order valence-electron chi connectivity index (χ3n) is 2.71. The first kappa shape index (κ1) is 14.0. The number of nitrogen functional groups attached to an aromatic ring is 1. The van der Waals surface area contributed by atoms with Crippen LogP contribution in [0.25, 0.3) is 0 Å². The fourth-order valence-corrected chi connectivity index (χ4v) is 1.70. The number of hydrogen-bond acceptors (Lipinski definition) is 3. The Morgan fingerprint density at radius 1 is 1.10 bits per heavy atom. The standard InChI is InChI=1S/C14H12F3NO2/c15-14(16,17)11-3-1-2-4-13(11)20-8-9-5-6-10(19)7-12(9)18/h1-7,19H,8,18H2. The lowest BCUT2D eigenvalue weighted by molar-refractivity contribution is -0.139. The zero-order valence-electron chi connectivity index (χ0n) is 10.3. The largest absolute Gasteiger partial charge is 0.508 e. The van der Waals surface area contributed by atoms with E-state index >= 15 is 0 Å². The number of benzene rings is 2. The summed E-state index contributed by atoms with van der Waals surface area (Å²) in [4.78, 5) is 0. The summed E-state index contributed by atoms with van der Waals surface area (Å²) < 4.78 is 43.5. The van der Waals surface area contributed by atoms with Crippen LogP contribution in [-0.2, 0) is 12.8 Å². The van der Waals surface area contributed by atoms with Crippen LogP contribution in [-0.4, -0.2) is 5.11 Å². The molecule has 0 aliphatic rings. The number of para-hydroxylation sites is 1. The predicted molar refractivity (Wildman–Crippen MR) is 68.3 cm³/mol. The number of ether oxygens (including phenoxy) is 1. The van der Waals surface area contributed by atoms with E-state index in [1.165, 1.54) is 36.4 Å². The van der Waals surface area contributed by atoms with Crippen LogP contribution >= 0.6 is 0 Å². The number of aromatic hydroxyl groups is 1. The van der Waals surface area contributed by atoms with Crippen molar-refractivity contribution >= 4 is 5.69 Å². The first-order valence-electron chi connectivity index (χ1n) is 5.74. The Bertz CT molecular complexity index is 612. The molecule has 0 radical (unpaired) electrons. The smallest absolute Gasteiger partial charge is 0.419 e. The third-order valence-corrected chi connectivity index (χ3v) is 2.71. The second-order valence-corrected chi connectivity index (χ2v) is 4.17. The number of phenolic OH excluding ortho intramolecular Hbond substituents is 1. The van der Waals surface area contributed by atoms with Gasteiger partial charge in [0.15, 0.2) is 0 Å². The zero-order valence-corrected chi connectivity index (χ0v) is 10.3. The van der Waals surface area contributed by atoms with Crippen molar-refractivity contribution in [1.82, 2.24) is 0 Å². The Morgan fingerprint density at radius 2 is 1.80 bits per heavy atom. The van der Waals surface area contributed by atoms with Crippen LogP contribution in [0.1, 0.15) is 11.1 Å². The lowest BCUT2D eigenvalue weighted by atomic mass is 10.1. The maximum atomic E-state index is 12.8. The van der Waals surface area contributed by atoms with Crippen molar-refractivity contribution in [2.75, 3.05) is 5.73 Å². The van der Waals surface area contributed by atoms with Crippen LogP contribution in [0.15, 0.2) is 42.5 Å². The van der Waals surface area contributed by atoms with Gasteiger partial charge in [0.05, 0.1) is 5.56 Å².